The number of esters is 3. The Bertz CT molecular complexity index is 1820. The summed E-state index contributed by atoms with van der Waals surface area (Å²) in [5.41, 5.74) is 3.48. The van der Waals surface area contributed by atoms with Crippen molar-refractivity contribution in [3.05, 3.63) is 93.3 Å². The number of aliphatic carboxylic acids is 1. The van der Waals surface area contributed by atoms with Gasteiger partial charge in [-0.05, 0) is 89.3 Å². The molecule has 1 saturated heterocycles. The highest BCUT2D eigenvalue weighted by molar-refractivity contribution is 6.31. The Kier molecular flexibility index (Phi) is 17.8. The Labute approximate surface area is 346 Å². The molecule has 14 heteroatoms. The van der Waals surface area contributed by atoms with Gasteiger partial charge in [0, 0.05) is 23.4 Å². The SMILES string of the molecule is CCCOCC1=C(C(=O)OCC)[C@H](c2ccccc2Cl)C(C(=O)OC)=C(C)N1.CCOC(=O)[C@H](CCc1ccccc1)N[C@@H](C)C(=O)N1[C@H](C(=O)[O-])C[C@@H]2CCC[C@@H]21. The molecule has 0 aromatic heterocycles. The maximum absolute atomic E-state index is 13.2. The number of benzene rings is 2. The minimum atomic E-state index is -1.20. The zero-order valence-electron chi connectivity index (χ0n) is 34.3. The molecule has 2 N–H and O–H groups in total. The highest BCUT2D eigenvalue weighted by Crippen LogP contribution is 2.43. The average molecular weight is 823 g/mol. The number of hydrogen-bond donors (Lipinski definition) is 2. The topological polar surface area (TPSA) is 173 Å². The van der Waals surface area contributed by atoms with Gasteiger partial charge in [0.15, 0.2) is 0 Å². The zero-order chi connectivity index (χ0) is 42.4. The third-order valence-electron chi connectivity index (χ3n) is 10.7. The Morgan fingerprint density at radius 2 is 1.64 bits per heavy atom. The number of nitrogens with zero attached hydrogens (tertiary/aromatic N) is 1. The summed E-state index contributed by atoms with van der Waals surface area (Å²) < 4.78 is 21.1. The molecule has 2 aromatic rings. The molecule has 3 aliphatic rings. The lowest BCUT2D eigenvalue weighted by Crippen LogP contribution is -2.57. The van der Waals surface area contributed by atoms with Crippen LogP contribution in [-0.4, -0.2) is 92.4 Å². The zero-order valence-corrected chi connectivity index (χ0v) is 35.1. The van der Waals surface area contributed by atoms with Crippen LogP contribution in [-0.2, 0) is 49.3 Å². The number of nitrogens with one attached hydrogen (secondary N) is 2. The van der Waals surface area contributed by atoms with Crippen molar-refractivity contribution in [2.24, 2.45) is 5.92 Å². The number of halogens is 1. The first-order chi connectivity index (χ1) is 27.9. The minimum Gasteiger partial charge on any atom is -0.548 e. The maximum Gasteiger partial charge on any atom is 0.336 e. The lowest BCUT2D eigenvalue weighted by atomic mass is 9.80. The lowest BCUT2D eigenvalue weighted by Gasteiger charge is -2.33. The van der Waals surface area contributed by atoms with Crippen molar-refractivity contribution in [3.63, 3.8) is 0 Å². The van der Waals surface area contributed by atoms with Gasteiger partial charge in [-0.15, -0.1) is 0 Å². The van der Waals surface area contributed by atoms with Crippen LogP contribution in [0.1, 0.15) is 90.2 Å². The van der Waals surface area contributed by atoms with Crippen molar-refractivity contribution in [1.29, 1.82) is 0 Å². The number of carboxylic acid groups (broad SMARTS) is 1. The molecule has 58 heavy (non-hydrogen) atoms. The van der Waals surface area contributed by atoms with Gasteiger partial charge in [0.05, 0.1) is 67.7 Å². The Hall–Kier alpha value is -4.72. The first-order valence-corrected chi connectivity index (χ1v) is 20.5. The van der Waals surface area contributed by atoms with Gasteiger partial charge in [0.25, 0.3) is 0 Å². The first kappa shape index (κ1) is 46.0. The third-order valence-corrected chi connectivity index (χ3v) is 11.0. The molecule has 2 aliphatic heterocycles. The van der Waals surface area contributed by atoms with Gasteiger partial charge in [0.2, 0.25) is 5.91 Å². The standard InChI is InChI=1S/C23H32N2O5.C21H26ClNO5/c1-3-30-23(29)18(13-12-16-8-5-4-6-9-16)24-15(2)21(26)25-19-11-7-10-17(19)14-20(25)22(27)28;1-5-11-27-12-16-19(21(25)28-6-2)18(14-9-7-8-10-15(14)22)17(13(3)23-16)20(24)26-4/h4-6,8-9,15,17-20,24H,3,7,10-14H2,1-2H3,(H,27,28);7-10,18,23H,5-6,11-12H2,1-4H3/p-1/t15-,17-,18-,19-,20-;18-/m01/s1. The average Bonchev–Trinajstić information content (AvgIpc) is 3.82. The number of methoxy groups -OCH3 is 1. The molecule has 316 valence electrons. The van der Waals surface area contributed by atoms with Gasteiger partial charge >= 0.3 is 17.9 Å². The number of carbonyl (C=O) groups is 5. The van der Waals surface area contributed by atoms with E-state index in [1.165, 1.54) is 12.0 Å². The van der Waals surface area contributed by atoms with E-state index in [1.54, 1.807) is 45.9 Å². The summed E-state index contributed by atoms with van der Waals surface area (Å²) in [4.78, 5) is 64.4. The van der Waals surface area contributed by atoms with Crippen molar-refractivity contribution in [2.45, 2.75) is 110 Å². The summed E-state index contributed by atoms with van der Waals surface area (Å²) >= 11 is 6.44. The summed E-state index contributed by atoms with van der Waals surface area (Å²) in [5, 5.41) is 18.3. The normalized spacial score (nSPS) is 20.9. The van der Waals surface area contributed by atoms with E-state index in [0.717, 1.165) is 31.2 Å². The molecular weight excluding hydrogens is 766 g/mol. The smallest absolute Gasteiger partial charge is 0.336 e. The molecule has 0 spiro atoms. The van der Waals surface area contributed by atoms with E-state index in [2.05, 4.69) is 10.6 Å². The van der Waals surface area contributed by atoms with Crippen LogP contribution in [0.4, 0.5) is 0 Å². The van der Waals surface area contributed by atoms with E-state index in [1.807, 2.05) is 43.3 Å². The van der Waals surface area contributed by atoms with Crippen LogP contribution in [0.3, 0.4) is 0 Å². The quantitative estimate of drug-likeness (QED) is 0.128. The Morgan fingerprint density at radius 1 is 0.948 bits per heavy atom. The van der Waals surface area contributed by atoms with E-state index in [9.17, 15) is 29.1 Å². The fraction of sp³-hybridized carbons (Fsp3) is 0.523. The van der Waals surface area contributed by atoms with Crippen LogP contribution in [0, 0.1) is 5.92 Å². The predicted octanol–water partition coefficient (Wildman–Crippen LogP) is 4.77. The summed E-state index contributed by atoms with van der Waals surface area (Å²) in [6.45, 7) is 10.1. The van der Waals surface area contributed by atoms with E-state index in [4.69, 9.17) is 30.5 Å². The number of rotatable bonds is 17. The molecule has 2 aromatic carbocycles. The summed E-state index contributed by atoms with van der Waals surface area (Å²) in [6, 6.07) is 14.6. The van der Waals surface area contributed by atoms with Gasteiger partial charge in [-0.25, -0.2) is 9.59 Å². The molecule has 0 radical (unpaired) electrons. The van der Waals surface area contributed by atoms with E-state index in [-0.39, 0.29) is 37.7 Å². The number of dihydropyridines is 1. The van der Waals surface area contributed by atoms with E-state index in [0.29, 0.717) is 59.0 Å². The second-order valence-corrected chi connectivity index (χ2v) is 15.0. The van der Waals surface area contributed by atoms with Gasteiger partial charge in [-0.1, -0.05) is 73.5 Å². The van der Waals surface area contributed by atoms with Gasteiger partial charge in [-0.2, -0.15) is 0 Å². The summed E-state index contributed by atoms with van der Waals surface area (Å²) in [6.07, 6.45) is 5.22. The van der Waals surface area contributed by atoms with Crippen molar-refractivity contribution < 1.29 is 48.0 Å². The predicted molar refractivity (Wildman–Crippen MR) is 216 cm³/mol. The van der Waals surface area contributed by atoms with Crippen LogP contribution in [0.15, 0.2) is 77.1 Å². The monoisotopic (exact) mass is 822 g/mol. The maximum atomic E-state index is 13.2. The molecular formula is C44H57ClN3O10-. The molecule has 1 saturated carbocycles. The van der Waals surface area contributed by atoms with Crippen LogP contribution in [0.25, 0.3) is 0 Å². The highest BCUT2D eigenvalue weighted by atomic mass is 35.5. The van der Waals surface area contributed by atoms with E-state index < -0.39 is 47.9 Å². The number of aryl methyl sites for hydroxylation is 1. The molecule has 5 rings (SSSR count). The van der Waals surface area contributed by atoms with Crippen molar-refractivity contribution in [1.82, 2.24) is 15.5 Å². The Balaban J connectivity index is 0.000000257. The molecule has 2 heterocycles. The number of likely N-dealkylation sites (tertiary alicyclic amines) is 1. The largest absolute Gasteiger partial charge is 0.548 e. The van der Waals surface area contributed by atoms with Crippen molar-refractivity contribution in [2.75, 3.05) is 33.5 Å². The van der Waals surface area contributed by atoms with Gasteiger partial charge in [0.1, 0.15) is 6.04 Å². The fourth-order valence-corrected chi connectivity index (χ4v) is 8.31. The first-order valence-electron chi connectivity index (χ1n) is 20.2. The Morgan fingerprint density at radius 3 is 2.28 bits per heavy atom. The van der Waals surface area contributed by atoms with Crippen LogP contribution >= 0.6 is 11.6 Å². The number of amides is 1. The minimum absolute atomic E-state index is 0.0463. The number of carbonyl (C=O) groups excluding carboxylic acids is 5. The number of allylic oxidation sites excluding steroid dienone is 1. The number of carboxylic acids is 1. The van der Waals surface area contributed by atoms with Gasteiger partial charge in [-0.3, -0.25) is 14.9 Å². The van der Waals surface area contributed by atoms with Crippen LogP contribution in [0.2, 0.25) is 5.02 Å². The second-order valence-electron chi connectivity index (χ2n) is 14.6. The molecule has 2 fully saturated rings. The van der Waals surface area contributed by atoms with Crippen LogP contribution < -0.4 is 15.7 Å². The molecule has 6 atom stereocenters. The lowest BCUT2D eigenvalue weighted by molar-refractivity contribution is -0.311. The second kappa shape index (κ2) is 22.4. The molecule has 0 unspecified atom stereocenters. The number of ether oxygens (including phenoxy) is 4. The van der Waals surface area contributed by atoms with E-state index >= 15 is 0 Å². The van der Waals surface area contributed by atoms with Crippen molar-refractivity contribution >= 4 is 41.4 Å². The van der Waals surface area contributed by atoms with Crippen molar-refractivity contribution in [3.8, 4) is 0 Å². The third kappa shape index (κ3) is 11.5. The summed E-state index contributed by atoms with van der Waals surface area (Å²) in [7, 11) is 1.31. The van der Waals surface area contributed by atoms with Crippen LogP contribution in [0.5, 0.6) is 0 Å². The molecule has 0 bridgehead atoms. The summed E-state index contributed by atoms with van der Waals surface area (Å²) in [5.74, 6) is -3.44. The molecule has 13 nitrogen and oxygen atoms in total. The van der Waals surface area contributed by atoms with Gasteiger partial charge < -0.3 is 39.1 Å². The number of fused-ring (bicyclic) bond motifs is 1. The molecule has 1 aliphatic carbocycles. The highest BCUT2D eigenvalue weighted by Gasteiger charge is 2.47. The number of hydrogen-bond acceptors (Lipinski definition) is 12. The molecule has 1 amide bonds. The fourth-order valence-electron chi connectivity index (χ4n) is 8.06.